The molecule has 0 bridgehead atoms. The Morgan fingerprint density at radius 1 is 1.24 bits per heavy atom. The molecule has 1 aliphatic heterocycles. The van der Waals surface area contributed by atoms with E-state index in [1.165, 1.54) is 22.9 Å². The molecule has 0 spiro atoms. The zero-order chi connectivity index (χ0) is 15.7. The van der Waals surface area contributed by atoms with Crippen molar-refractivity contribution in [2.45, 2.75) is 19.0 Å². The lowest BCUT2D eigenvalue weighted by Gasteiger charge is -2.24. The van der Waals surface area contributed by atoms with Gasteiger partial charge in [-0.3, -0.25) is 9.10 Å². The Morgan fingerprint density at radius 3 is 2.57 bits per heavy atom. The Labute approximate surface area is 119 Å². The van der Waals surface area contributed by atoms with E-state index in [0.717, 1.165) is 4.31 Å². The first-order valence-corrected chi connectivity index (χ1v) is 7.61. The summed E-state index contributed by atoms with van der Waals surface area (Å²) in [4.78, 5) is 11.9. The highest BCUT2D eigenvalue weighted by Gasteiger charge is 2.34. The molecule has 1 aromatic rings. The summed E-state index contributed by atoms with van der Waals surface area (Å²) in [7, 11) is -4.37. The molecule has 0 saturated heterocycles. The molecule has 0 amide bonds. The molecule has 116 valence electrons. The van der Waals surface area contributed by atoms with Gasteiger partial charge in [0.05, 0.1) is 5.69 Å². The number of benzene rings is 1. The summed E-state index contributed by atoms with van der Waals surface area (Å²) in [6.07, 6.45) is -4.24. The summed E-state index contributed by atoms with van der Waals surface area (Å²) in [6.45, 7) is -1.70. The maximum Gasteiger partial charge on any atom is 0.402 e. The fourth-order valence-electron chi connectivity index (χ4n) is 2.07. The molecule has 0 saturated carbocycles. The van der Waals surface area contributed by atoms with E-state index in [-0.39, 0.29) is 36.4 Å². The summed E-state index contributed by atoms with van der Waals surface area (Å²) in [5.41, 5.74) is 0.307. The maximum atomic E-state index is 12.2. The second kappa shape index (κ2) is 5.64. The average molecular weight is 322 g/mol. The summed E-state index contributed by atoms with van der Waals surface area (Å²) >= 11 is 0. The quantitative estimate of drug-likeness (QED) is 0.924. The van der Waals surface area contributed by atoms with Gasteiger partial charge in [-0.15, -0.1) is 0 Å². The largest absolute Gasteiger partial charge is 0.402 e. The Hall–Kier alpha value is -1.61. The second-order valence-corrected chi connectivity index (χ2v) is 6.24. The Kier molecular flexibility index (Phi) is 4.24. The van der Waals surface area contributed by atoms with Gasteiger partial charge in [-0.25, -0.2) is 0 Å². The van der Waals surface area contributed by atoms with E-state index in [0.29, 0.717) is 0 Å². The Morgan fingerprint density at radius 2 is 1.90 bits per heavy atom. The molecular weight excluding hydrogens is 309 g/mol. The van der Waals surface area contributed by atoms with Gasteiger partial charge < -0.3 is 0 Å². The highest BCUT2D eigenvalue weighted by molar-refractivity contribution is 7.90. The molecule has 1 N–H and O–H groups in total. The van der Waals surface area contributed by atoms with E-state index in [4.69, 9.17) is 0 Å². The molecule has 9 heteroatoms. The lowest BCUT2D eigenvalue weighted by atomic mass is 10.1. The van der Waals surface area contributed by atoms with E-state index in [9.17, 15) is 26.4 Å². The number of hydrogen-bond acceptors (Lipinski definition) is 3. The zero-order valence-electron chi connectivity index (χ0n) is 10.9. The van der Waals surface area contributed by atoms with Crippen LogP contribution >= 0.6 is 0 Å². The number of para-hydroxylation sites is 1. The van der Waals surface area contributed by atoms with Gasteiger partial charge in [0.25, 0.3) is 0 Å². The van der Waals surface area contributed by atoms with Gasteiger partial charge >= 0.3 is 16.4 Å². The molecule has 1 heterocycles. The molecule has 0 radical (unpaired) electrons. The van der Waals surface area contributed by atoms with Gasteiger partial charge in [0, 0.05) is 18.5 Å². The predicted octanol–water partition coefficient (Wildman–Crippen LogP) is 1.87. The molecule has 0 atom stereocenters. The van der Waals surface area contributed by atoms with E-state index in [1.807, 2.05) is 0 Å². The smallest absolute Gasteiger partial charge is 0.294 e. The highest BCUT2D eigenvalue weighted by atomic mass is 32.2. The molecule has 2 rings (SSSR count). The molecule has 0 aliphatic carbocycles. The fraction of sp³-hybridized carbons (Fsp3) is 0.417. The molecule has 1 aliphatic rings. The third-order valence-electron chi connectivity index (χ3n) is 2.98. The van der Waals surface area contributed by atoms with Crippen LogP contribution in [0.4, 0.5) is 18.9 Å². The minimum absolute atomic E-state index is 0.0457. The zero-order valence-corrected chi connectivity index (χ0v) is 11.7. The summed E-state index contributed by atoms with van der Waals surface area (Å²) < 4.78 is 63.0. The topological polar surface area (TPSA) is 66.5 Å². The summed E-state index contributed by atoms with van der Waals surface area (Å²) in [5.74, 6) is -0.223. The van der Waals surface area contributed by atoms with Gasteiger partial charge in [-0.05, 0) is 18.6 Å². The van der Waals surface area contributed by atoms with Crippen LogP contribution in [-0.2, 0) is 10.2 Å². The van der Waals surface area contributed by atoms with Gasteiger partial charge in [-0.2, -0.15) is 26.3 Å². The first kappa shape index (κ1) is 15.8. The number of nitrogens with zero attached hydrogens (tertiary/aromatic N) is 1. The van der Waals surface area contributed by atoms with Crippen LogP contribution in [0.2, 0.25) is 0 Å². The standard InChI is InChI=1S/C12H13F3N2O3S/c13-12(14,15)8-16-21(19,20)17-7-3-6-11(18)9-4-1-2-5-10(9)17/h1-2,4-5,16H,3,6-8H2. The summed E-state index contributed by atoms with van der Waals surface area (Å²) in [6, 6.07) is 5.99. The molecule has 5 nitrogen and oxygen atoms in total. The van der Waals surface area contributed by atoms with Gasteiger partial charge in [-0.1, -0.05) is 12.1 Å². The van der Waals surface area contributed by atoms with Crippen LogP contribution in [0.3, 0.4) is 0 Å². The normalized spacial score (nSPS) is 16.5. The third-order valence-corrected chi connectivity index (χ3v) is 4.45. The Balaban J connectivity index is 2.34. The van der Waals surface area contributed by atoms with Crippen LogP contribution in [0.25, 0.3) is 0 Å². The summed E-state index contributed by atoms with van der Waals surface area (Å²) in [5, 5.41) is 0. The molecule has 1 aromatic carbocycles. The number of hydrogen-bond donors (Lipinski definition) is 1. The number of carbonyl (C=O) groups is 1. The van der Waals surface area contributed by atoms with Crippen molar-refractivity contribution in [3.63, 3.8) is 0 Å². The van der Waals surface area contributed by atoms with Crippen LogP contribution in [0, 0.1) is 0 Å². The van der Waals surface area contributed by atoms with Crippen LogP contribution in [0.15, 0.2) is 24.3 Å². The van der Waals surface area contributed by atoms with Crippen molar-refractivity contribution in [1.29, 1.82) is 0 Å². The molecule has 21 heavy (non-hydrogen) atoms. The number of anilines is 1. The minimum atomic E-state index is -4.64. The van der Waals surface area contributed by atoms with Crippen molar-refractivity contribution in [2.75, 3.05) is 17.4 Å². The second-order valence-electron chi connectivity index (χ2n) is 4.56. The van der Waals surface area contributed by atoms with Crippen LogP contribution in [0.5, 0.6) is 0 Å². The first-order valence-electron chi connectivity index (χ1n) is 6.17. The van der Waals surface area contributed by atoms with E-state index >= 15 is 0 Å². The number of alkyl halides is 3. The monoisotopic (exact) mass is 322 g/mol. The highest BCUT2D eigenvalue weighted by Crippen LogP contribution is 2.28. The number of ketones is 1. The molecule has 0 unspecified atom stereocenters. The predicted molar refractivity (Wildman–Crippen MR) is 70.3 cm³/mol. The number of halogens is 3. The van der Waals surface area contributed by atoms with Crippen LogP contribution in [-0.4, -0.2) is 33.5 Å². The van der Waals surface area contributed by atoms with Crippen molar-refractivity contribution < 1.29 is 26.4 Å². The number of fused-ring (bicyclic) bond motifs is 1. The van der Waals surface area contributed by atoms with Gasteiger partial charge in [0.15, 0.2) is 5.78 Å². The van der Waals surface area contributed by atoms with E-state index in [2.05, 4.69) is 0 Å². The number of nitrogens with one attached hydrogen (secondary N) is 1. The SMILES string of the molecule is O=C1CCCN(S(=O)(=O)NCC(F)(F)F)c2ccccc21. The van der Waals surface area contributed by atoms with Crippen molar-refractivity contribution >= 4 is 21.7 Å². The van der Waals surface area contributed by atoms with Crippen molar-refractivity contribution in [3.05, 3.63) is 29.8 Å². The average Bonchev–Trinajstić information content (AvgIpc) is 2.56. The lowest BCUT2D eigenvalue weighted by Crippen LogP contribution is -2.44. The lowest BCUT2D eigenvalue weighted by molar-refractivity contribution is -0.121. The number of Topliss-reactive ketones (excluding diaryl/α,β-unsaturated/α-hetero) is 1. The molecule has 0 aromatic heterocycles. The molecule has 0 fully saturated rings. The van der Waals surface area contributed by atoms with E-state index < -0.39 is 22.9 Å². The van der Waals surface area contributed by atoms with Crippen molar-refractivity contribution in [2.24, 2.45) is 0 Å². The van der Waals surface area contributed by atoms with Crippen molar-refractivity contribution in [1.82, 2.24) is 4.72 Å². The van der Waals surface area contributed by atoms with Gasteiger partial charge in [0.1, 0.15) is 6.54 Å². The number of rotatable bonds is 3. The maximum absolute atomic E-state index is 12.2. The fourth-order valence-corrected chi connectivity index (χ4v) is 3.36. The number of carbonyl (C=O) groups excluding carboxylic acids is 1. The molecular formula is C12H13F3N2O3S. The van der Waals surface area contributed by atoms with Crippen LogP contribution in [0.1, 0.15) is 23.2 Å². The van der Waals surface area contributed by atoms with Gasteiger partial charge in [0.2, 0.25) is 0 Å². The van der Waals surface area contributed by atoms with Crippen LogP contribution < -0.4 is 9.03 Å². The Bertz CT molecular complexity index is 643. The van der Waals surface area contributed by atoms with E-state index in [1.54, 1.807) is 6.07 Å². The minimum Gasteiger partial charge on any atom is -0.294 e. The first-order chi connectivity index (χ1) is 9.71. The third kappa shape index (κ3) is 3.73. The van der Waals surface area contributed by atoms with Crippen molar-refractivity contribution in [3.8, 4) is 0 Å².